The van der Waals surface area contributed by atoms with Crippen molar-refractivity contribution in [3.63, 3.8) is 0 Å². The summed E-state index contributed by atoms with van der Waals surface area (Å²) in [7, 11) is 1.60. The van der Waals surface area contributed by atoms with E-state index in [1.54, 1.807) is 31.4 Å². The number of aromatic nitrogens is 2. The summed E-state index contributed by atoms with van der Waals surface area (Å²) in [5.41, 5.74) is 1.31. The van der Waals surface area contributed by atoms with Crippen molar-refractivity contribution in [2.75, 3.05) is 38.7 Å². The molecule has 0 aliphatic carbocycles. The zero-order valence-corrected chi connectivity index (χ0v) is 18.9. The van der Waals surface area contributed by atoms with E-state index in [0.717, 1.165) is 12.1 Å². The van der Waals surface area contributed by atoms with Crippen molar-refractivity contribution in [3.8, 4) is 5.69 Å². The van der Waals surface area contributed by atoms with E-state index in [9.17, 15) is 18.0 Å². The van der Waals surface area contributed by atoms with Crippen LogP contribution >= 0.6 is 0 Å². The molecule has 0 saturated carbocycles. The molecule has 10 heteroatoms. The van der Waals surface area contributed by atoms with E-state index in [2.05, 4.69) is 20.6 Å². The maximum atomic E-state index is 14.8. The molecular formula is C24H26F3N5O2. The number of benzene rings is 2. The standard InChI is InChI=1S/C24H26F3N5O2/c1-15-22(27)23(32(30-15)17-6-4-3-5-7-17)29-24(33)28-21-14-31(10-11-34-2)13-18(21)16-8-9-19(25)20(26)12-16/h3-9,12,18,21H,10-11,13-14H2,1-2H3,(H2,28,29,33)/t18-,21+/m0/s1. The minimum absolute atomic E-state index is 0.0835. The lowest BCUT2D eigenvalue weighted by Crippen LogP contribution is -2.42. The Morgan fingerprint density at radius 1 is 1.12 bits per heavy atom. The van der Waals surface area contributed by atoms with E-state index >= 15 is 0 Å². The number of carbonyl (C=O) groups excluding carboxylic acids is 1. The van der Waals surface area contributed by atoms with Crippen LogP contribution in [0.4, 0.5) is 23.8 Å². The number of rotatable bonds is 7. The van der Waals surface area contributed by atoms with Gasteiger partial charge in [-0.3, -0.25) is 10.2 Å². The molecule has 1 aliphatic heterocycles. The lowest BCUT2D eigenvalue weighted by atomic mass is 9.94. The third-order valence-corrected chi connectivity index (χ3v) is 5.92. The van der Waals surface area contributed by atoms with Crippen LogP contribution < -0.4 is 10.6 Å². The van der Waals surface area contributed by atoms with Gasteiger partial charge in [0.1, 0.15) is 0 Å². The number of hydrogen-bond acceptors (Lipinski definition) is 4. The van der Waals surface area contributed by atoms with Gasteiger partial charge in [0.2, 0.25) is 0 Å². The summed E-state index contributed by atoms with van der Waals surface area (Å²) < 4.78 is 48.6. The molecule has 1 saturated heterocycles. The molecule has 4 rings (SSSR count). The van der Waals surface area contributed by atoms with E-state index in [4.69, 9.17) is 4.74 Å². The highest BCUT2D eigenvalue weighted by Crippen LogP contribution is 2.29. The Hall–Kier alpha value is -3.37. The number of urea groups is 1. The predicted molar refractivity (Wildman–Crippen MR) is 122 cm³/mol. The number of likely N-dealkylation sites (tertiary alicyclic amines) is 1. The minimum Gasteiger partial charge on any atom is -0.383 e. The average Bonchev–Trinajstić information content (AvgIpc) is 3.35. The lowest BCUT2D eigenvalue weighted by molar-refractivity contribution is 0.159. The van der Waals surface area contributed by atoms with Crippen molar-refractivity contribution in [1.82, 2.24) is 20.0 Å². The second kappa shape index (κ2) is 10.3. The van der Waals surface area contributed by atoms with E-state index in [-0.39, 0.29) is 17.4 Å². The number of anilines is 1. The zero-order chi connectivity index (χ0) is 24.2. The lowest BCUT2D eigenvalue weighted by Gasteiger charge is -2.21. The number of nitrogens with one attached hydrogen (secondary N) is 2. The molecule has 0 bridgehead atoms. The van der Waals surface area contributed by atoms with Gasteiger partial charge in [0, 0.05) is 32.7 Å². The quantitative estimate of drug-likeness (QED) is 0.547. The second-order valence-electron chi connectivity index (χ2n) is 8.23. The number of methoxy groups -OCH3 is 1. The van der Waals surface area contributed by atoms with Gasteiger partial charge < -0.3 is 10.1 Å². The third kappa shape index (κ3) is 5.07. The van der Waals surface area contributed by atoms with Crippen molar-refractivity contribution in [3.05, 3.63) is 77.2 Å². The maximum absolute atomic E-state index is 14.8. The fraction of sp³-hybridized carbons (Fsp3) is 0.333. The number of nitrogens with zero attached hydrogens (tertiary/aromatic N) is 3. The molecule has 2 aromatic carbocycles. The monoisotopic (exact) mass is 473 g/mol. The third-order valence-electron chi connectivity index (χ3n) is 5.92. The molecule has 1 aliphatic rings. The highest BCUT2D eigenvalue weighted by molar-refractivity contribution is 5.89. The Balaban J connectivity index is 1.54. The molecule has 1 aromatic heterocycles. The molecule has 0 spiro atoms. The summed E-state index contributed by atoms with van der Waals surface area (Å²) in [6.07, 6.45) is 0. The smallest absolute Gasteiger partial charge is 0.320 e. The molecule has 2 heterocycles. The minimum atomic E-state index is -0.944. The molecule has 0 unspecified atom stereocenters. The topological polar surface area (TPSA) is 71.4 Å². The van der Waals surface area contributed by atoms with Crippen molar-refractivity contribution in [1.29, 1.82) is 0 Å². The van der Waals surface area contributed by atoms with Gasteiger partial charge in [0.05, 0.1) is 24.0 Å². The van der Waals surface area contributed by atoms with Crippen molar-refractivity contribution >= 4 is 11.8 Å². The molecule has 3 aromatic rings. The van der Waals surface area contributed by atoms with E-state index in [1.807, 2.05) is 6.07 Å². The van der Waals surface area contributed by atoms with Crippen LogP contribution in [0.5, 0.6) is 0 Å². The molecule has 2 atom stereocenters. The van der Waals surface area contributed by atoms with Crippen LogP contribution in [0.1, 0.15) is 17.2 Å². The Bertz CT molecular complexity index is 1160. The first-order chi connectivity index (χ1) is 16.4. The summed E-state index contributed by atoms with van der Waals surface area (Å²) in [5, 5.41) is 9.64. The fourth-order valence-electron chi connectivity index (χ4n) is 4.20. The Morgan fingerprint density at radius 3 is 2.59 bits per heavy atom. The van der Waals surface area contributed by atoms with Gasteiger partial charge in [-0.2, -0.15) is 5.10 Å². The van der Waals surface area contributed by atoms with Gasteiger partial charge >= 0.3 is 6.03 Å². The van der Waals surface area contributed by atoms with E-state index in [0.29, 0.717) is 37.5 Å². The largest absolute Gasteiger partial charge is 0.383 e. The van der Waals surface area contributed by atoms with Crippen molar-refractivity contribution in [2.45, 2.75) is 18.9 Å². The summed E-state index contributed by atoms with van der Waals surface area (Å²) >= 11 is 0. The fourth-order valence-corrected chi connectivity index (χ4v) is 4.20. The maximum Gasteiger partial charge on any atom is 0.320 e. The van der Waals surface area contributed by atoms with Crippen molar-refractivity contribution < 1.29 is 22.7 Å². The Morgan fingerprint density at radius 2 is 1.88 bits per heavy atom. The van der Waals surface area contributed by atoms with Crippen molar-refractivity contribution in [2.24, 2.45) is 0 Å². The number of halogens is 3. The van der Waals surface area contributed by atoms with Gasteiger partial charge in [-0.05, 0) is 36.8 Å². The Kier molecular flexibility index (Phi) is 7.18. The summed E-state index contributed by atoms with van der Waals surface area (Å²) in [5.74, 6) is -2.88. The SMILES string of the molecule is COCCN1C[C@@H](NC(=O)Nc2c(F)c(C)nn2-c2ccccc2)[C@H](c2ccc(F)c(F)c2)C1. The zero-order valence-electron chi connectivity index (χ0n) is 18.9. The first kappa shape index (κ1) is 23.8. The van der Waals surface area contributed by atoms with Crippen LogP contribution in [0.25, 0.3) is 5.69 Å². The van der Waals surface area contributed by atoms with Gasteiger partial charge in [-0.25, -0.2) is 22.6 Å². The van der Waals surface area contributed by atoms with Crippen LogP contribution in [0, 0.1) is 24.4 Å². The number of amides is 2. The molecule has 2 amide bonds. The van der Waals surface area contributed by atoms with Gasteiger partial charge in [0.15, 0.2) is 23.3 Å². The highest BCUT2D eigenvalue weighted by Gasteiger charge is 2.35. The van der Waals surface area contributed by atoms with Crippen LogP contribution in [-0.2, 0) is 4.74 Å². The van der Waals surface area contributed by atoms with Crippen LogP contribution in [0.3, 0.4) is 0 Å². The van der Waals surface area contributed by atoms with Crippen LogP contribution in [-0.4, -0.2) is 60.1 Å². The molecule has 180 valence electrons. The predicted octanol–water partition coefficient (Wildman–Crippen LogP) is 3.83. The summed E-state index contributed by atoms with van der Waals surface area (Å²) in [6.45, 7) is 3.62. The molecule has 7 nitrogen and oxygen atoms in total. The summed E-state index contributed by atoms with van der Waals surface area (Å²) in [6, 6.07) is 11.6. The first-order valence-electron chi connectivity index (χ1n) is 10.9. The van der Waals surface area contributed by atoms with E-state index < -0.39 is 29.5 Å². The number of ether oxygens (including phenoxy) is 1. The number of carbonyl (C=O) groups is 1. The van der Waals surface area contributed by atoms with Gasteiger partial charge in [-0.1, -0.05) is 24.3 Å². The van der Waals surface area contributed by atoms with Crippen LogP contribution in [0.15, 0.2) is 48.5 Å². The number of para-hydroxylation sites is 1. The first-order valence-corrected chi connectivity index (χ1v) is 10.9. The van der Waals surface area contributed by atoms with Crippen LogP contribution in [0.2, 0.25) is 0 Å². The number of aryl methyl sites for hydroxylation is 1. The van der Waals surface area contributed by atoms with Gasteiger partial charge in [-0.15, -0.1) is 0 Å². The summed E-state index contributed by atoms with van der Waals surface area (Å²) in [4.78, 5) is 15.0. The Labute approximate surface area is 195 Å². The normalized spacial score (nSPS) is 18.3. The second-order valence-corrected chi connectivity index (χ2v) is 8.23. The van der Waals surface area contributed by atoms with Gasteiger partial charge in [0.25, 0.3) is 0 Å². The highest BCUT2D eigenvalue weighted by atomic mass is 19.2. The number of hydrogen-bond donors (Lipinski definition) is 2. The molecular weight excluding hydrogens is 447 g/mol. The average molecular weight is 473 g/mol. The molecule has 0 radical (unpaired) electrons. The molecule has 2 N–H and O–H groups in total. The van der Waals surface area contributed by atoms with E-state index in [1.165, 1.54) is 17.7 Å². The molecule has 34 heavy (non-hydrogen) atoms. The molecule has 1 fully saturated rings.